The van der Waals surface area contributed by atoms with Gasteiger partial charge < -0.3 is 19.5 Å². The fourth-order valence-corrected chi connectivity index (χ4v) is 3.57. The number of ether oxygens (including phenoxy) is 1. The molecule has 0 aliphatic carbocycles. The number of hydrogen-bond acceptors (Lipinski definition) is 7. The molecule has 0 radical (unpaired) electrons. The maximum Gasteiger partial charge on any atom is 0.471 e. The largest absolute Gasteiger partial charge is 0.471 e. The molecule has 0 spiro atoms. The van der Waals surface area contributed by atoms with Gasteiger partial charge in [0.25, 0.3) is 11.8 Å². The second-order valence-corrected chi connectivity index (χ2v) is 7.78. The fraction of sp³-hybridized carbons (Fsp3) is 0.261. The van der Waals surface area contributed by atoms with Crippen LogP contribution in [0.1, 0.15) is 32.2 Å². The molecule has 4 rings (SSSR count). The molecule has 1 aliphatic rings. The fourth-order valence-electron chi connectivity index (χ4n) is 3.57. The standard InChI is InChI=1S/C23H17F4N5O4/c24-17-8-13(10-28)7-16(9-17)21(34)32-5-6-35-12-18(32)11-29-20(33)15-3-1-14(2-4-15)19-30-22(36-31-19)23(25,26)27/h1-4,7-9,18H,5-6,11-12H2,(H,29,33)/t18-/m1/s1. The SMILES string of the molecule is N#Cc1cc(F)cc(C(=O)N2CCOC[C@H]2CNC(=O)c2ccc(-c3noc(C(F)(F)F)n3)cc2)c1. The predicted octanol–water partition coefficient (Wildman–Crippen LogP) is 3.04. The number of hydrogen-bond donors (Lipinski definition) is 1. The van der Waals surface area contributed by atoms with Crippen molar-refractivity contribution in [2.24, 2.45) is 0 Å². The van der Waals surface area contributed by atoms with E-state index >= 15 is 0 Å². The van der Waals surface area contributed by atoms with E-state index in [0.29, 0.717) is 0 Å². The minimum absolute atomic E-state index is 0.00959. The molecule has 0 bridgehead atoms. The van der Waals surface area contributed by atoms with Crippen LogP contribution in [0.25, 0.3) is 11.4 Å². The summed E-state index contributed by atoms with van der Waals surface area (Å²) in [6.45, 7) is 0.610. The number of carbonyl (C=O) groups is 2. The van der Waals surface area contributed by atoms with Gasteiger partial charge in [-0.1, -0.05) is 17.3 Å². The Hall–Kier alpha value is -4.31. The summed E-state index contributed by atoms with van der Waals surface area (Å²) in [5, 5.41) is 15.0. The molecule has 2 aromatic carbocycles. The van der Waals surface area contributed by atoms with Gasteiger partial charge in [-0.2, -0.15) is 23.4 Å². The molecule has 3 aromatic rings. The lowest BCUT2D eigenvalue weighted by Gasteiger charge is -2.35. The minimum atomic E-state index is -4.77. The number of halogens is 4. The molecular weight excluding hydrogens is 486 g/mol. The van der Waals surface area contributed by atoms with Gasteiger partial charge in [-0.25, -0.2) is 4.39 Å². The lowest BCUT2D eigenvalue weighted by atomic mass is 10.1. The average molecular weight is 503 g/mol. The van der Waals surface area contributed by atoms with E-state index in [4.69, 9.17) is 10.00 Å². The Balaban J connectivity index is 1.41. The molecule has 1 atom stereocenters. The van der Waals surface area contributed by atoms with Crippen molar-refractivity contribution in [1.82, 2.24) is 20.4 Å². The third-order valence-electron chi connectivity index (χ3n) is 5.33. The molecular formula is C23H17F4N5O4. The summed E-state index contributed by atoms with van der Waals surface area (Å²) in [7, 11) is 0. The van der Waals surface area contributed by atoms with E-state index in [9.17, 15) is 27.2 Å². The zero-order chi connectivity index (χ0) is 25.9. The Morgan fingerprint density at radius 1 is 1.17 bits per heavy atom. The molecule has 1 aliphatic heterocycles. The van der Waals surface area contributed by atoms with Crippen LogP contribution in [0, 0.1) is 17.1 Å². The molecule has 1 fully saturated rings. The quantitative estimate of drug-likeness (QED) is 0.531. The number of nitrogens with zero attached hydrogens (tertiary/aromatic N) is 4. The molecule has 0 unspecified atom stereocenters. The number of carbonyl (C=O) groups excluding carboxylic acids is 2. The van der Waals surface area contributed by atoms with E-state index in [1.165, 1.54) is 35.2 Å². The zero-order valence-electron chi connectivity index (χ0n) is 18.4. The lowest BCUT2D eigenvalue weighted by molar-refractivity contribution is -0.159. The number of nitrogens with one attached hydrogen (secondary N) is 1. The van der Waals surface area contributed by atoms with E-state index in [0.717, 1.165) is 12.1 Å². The average Bonchev–Trinajstić information content (AvgIpc) is 3.38. The third kappa shape index (κ3) is 5.49. The topological polar surface area (TPSA) is 121 Å². The van der Waals surface area contributed by atoms with Crippen molar-refractivity contribution in [2.75, 3.05) is 26.3 Å². The Morgan fingerprint density at radius 2 is 1.92 bits per heavy atom. The van der Waals surface area contributed by atoms with Crippen LogP contribution in [0.3, 0.4) is 0 Å². The molecule has 13 heteroatoms. The van der Waals surface area contributed by atoms with Crippen LogP contribution in [0.4, 0.5) is 17.6 Å². The molecule has 36 heavy (non-hydrogen) atoms. The molecule has 2 heterocycles. The number of rotatable bonds is 5. The van der Waals surface area contributed by atoms with E-state index in [1.54, 1.807) is 6.07 Å². The molecule has 0 saturated carbocycles. The highest BCUT2D eigenvalue weighted by molar-refractivity contribution is 5.96. The second-order valence-electron chi connectivity index (χ2n) is 7.78. The Bertz CT molecular complexity index is 1320. The summed E-state index contributed by atoms with van der Waals surface area (Å²) in [6, 6.07) is 10.1. The van der Waals surface area contributed by atoms with E-state index in [1.807, 2.05) is 0 Å². The Labute approximate surface area is 201 Å². The number of alkyl halides is 3. The summed E-state index contributed by atoms with van der Waals surface area (Å²) >= 11 is 0. The van der Waals surface area contributed by atoms with Crippen LogP contribution in [-0.4, -0.2) is 59.2 Å². The monoisotopic (exact) mass is 503 g/mol. The van der Waals surface area contributed by atoms with Gasteiger partial charge in [0.15, 0.2) is 0 Å². The number of nitriles is 1. The van der Waals surface area contributed by atoms with Crippen molar-refractivity contribution in [2.45, 2.75) is 12.2 Å². The van der Waals surface area contributed by atoms with Crippen LogP contribution < -0.4 is 5.32 Å². The maximum atomic E-state index is 13.8. The first-order valence-corrected chi connectivity index (χ1v) is 10.5. The number of morpholine rings is 1. The Morgan fingerprint density at radius 3 is 2.58 bits per heavy atom. The zero-order valence-corrected chi connectivity index (χ0v) is 18.4. The van der Waals surface area contributed by atoms with Crippen molar-refractivity contribution in [3.8, 4) is 17.5 Å². The highest BCUT2D eigenvalue weighted by Gasteiger charge is 2.38. The van der Waals surface area contributed by atoms with Crippen LogP contribution in [0.5, 0.6) is 0 Å². The van der Waals surface area contributed by atoms with Crippen molar-refractivity contribution in [3.63, 3.8) is 0 Å². The summed E-state index contributed by atoms with van der Waals surface area (Å²) in [6.07, 6.45) is -4.77. The van der Waals surface area contributed by atoms with Gasteiger partial charge in [-0.05, 0) is 30.3 Å². The molecule has 1 aromatic heterocycles. The molecule has 2 amide bonds. The van der Waals surface area contributed by atoms with Gasteiger partial charge in [-0.15, -0.1) is 0 Å². The van der Waals surface area contributed by atoms with Gasteiger partial charge in [0.05, 0.1) is 30.9 Å². The third-order valence-corrected chi connectivity index (χ3v) is 5.33. The second kappa shape index (κ2) is 10.1. The minimum Gasteiger partial charge on any atom is -0.377 e. The Kier molecular flexibility index (Phi) is 6.98. The van der Waals surface area contributed by atoms with Gasteiger partial charge in [0, 0.05) is 29.8 Å². The van der Waals surface area contributed by atoms with Gasteiger partial charge in [0.1, 0.15) is 5.82 Å². The smallest absolute Gasteiger partial charge is 0.377 e. The number of aromatic nitrogens is 2. The molecule has 186 valence electrons. The van der Waals surface area contributed by atoms with Crippen molar-refractivity contribution in [1.29, 1.82) is 5.26 Å². The molecule has 9 nitrogen and oxygen atoms in total. The first-order valence-electron chi connectivity index (χ1n) is 10.5. The summed E-state index contributed by atoms with van der Waals surface area (Å²) in [5.74, 6) is -3.47. The normalized spacial score (nSPS) is 15.9. The first-order chi connectivity index (χ1) is 17.2. The predicted molar refractivity (Wildman–Crippen MR) is 114 cm³/mol. The summed E-state index contributed by atoms with van der Waals surface area (Å²) in [5.41, 5.74) is 0.442. The van der Waals surface area contributed by atoms with Crippen LogP contribution in [0.2, 0.25) is 0 Å². The van der Waals surface area contributed by atoms with Crippen molar-refractivity contribution in [3.05, 3.63) is 70.9 Å². The maximum absolute atomic E-state index is 13.8. The summed E-state index contributed by atoms with van der Waals surface area (Å²) < 4.78 is 61.3. The van der Waals surface area contributed by atoms with Gasteiger partial charge >= 0.3 is 12.1 Å². The highest BCUT2D eigenvalue weighted by atomic mass is 19.4. The van der Waals surface area contributed by atoms with Gasteiger partial charge in [0.2, 0.25) is 5.82 Å². The summed E-state index contributed by atoms with van der Waals surface area (Å²) in [4.78, 5) is 30.3. The number of amides is 2. The van der Waals surface area contributed by atoms with Crippen molar-refractivity contribution < 1.29 is 36.4 Å². The molecule has 1 saturated heterocycles. The van der Waals surface area contributed by atoms with Gasteiger partial charge in [-0.3, -0.25) is 9.59 Å². The van der Waals surface area contributed by atoms with Crippen LogP contribution >= 0.6 is 0 Å². The van der Waals surface area contributed by atoms with E-state index in [-0.39, 0.29) is 54.4 Å². The van der Waals surface area contributed by atoms with Crippen LogP contribution in [-0.2, 0) is 10.9 Å². The van der Waals surface area contributed by atoms with E-state index in [2.05, 4.69) is 20.0 Å². The van der Waals surface area contributed by atoms with Crippen LogP contribution in [0.15, 0.2) is 47.0 Å². The van der Waals surface area contributed by atoms with Crippen molar-refractivity contribution >= 4 is 11.8 Å². The lowest BCUT2D eigenvalue weighted by Crippen LogP contribution is -2.53. The van der Waals surface area contributed by atoms with E-state index < -0.39 is 35.7 Å². The molecule has 1 N–H and O–H groups in total. The number of benzene rings is 2. The first kappa shape index (κ1) is 24.8. The highest BCUT2D eigenvalue weighted by Crippen LogP contribution is 2.29.